The molecule has 0 spiro atoms. The van der Waals surface area contributed by atoms with Gasteiger partial charge >= 0.3 is 0 Å². The molecule has 1 aliphatic rings. The van der Waals surface area contributed by atoms with E-state index in [1.807, 2.05) is 19.9 Å². The van der Waals surface area contributed by atoms with E-state index in [2.05, 4.69) is 5.32 Å². The van der Waals surface area contributed by atoms with Gasteiger partial charge in [-0.15, -0.1) is 0 Å². The number of hydrogen-bond donors (Lipinski definition) is 1. The molecular weight excluding hydrogens is 362 g/mol. The smallest absolute Gasteiger partial charge is 0.293 e. The van der Waals surface area contributed by atoms with Gasteiger partial charge in [-0.05, 0) is 32.0 Å². The maximum absolute atomic E-state index is 12.7. The molecule has 1 atom stereocenters. The number of hydrogen-bond acceptors (Lipinski definition) is 6. The molecule has 0 unspecified atom stereocenters. The molecule has 2 aromatic carbocycles. The molecule has 1 aliphatic heterocycles. The van der Waals surface area contributed by atoms with Crippen molar-refractivity contribution < 1.29 is 19.2 Å². The average Bonchev–Trinajstić information content (AvgIpc) is 3.00. The van der Waals surface area contributed by atoms with Crippen LogP contribution < -0.4 is 19.7 Å². The average molecular weight is 385 g/mol. The minimum absolute atomic E-state index is 0.0663. The van der Waals surface area contributed by atoms with Crippen LogP contribution in [0.3, 0.4) is 0 Å². The first-order chi connectivity index (χ1) is 13.3. The zero-order valence-electron chi connectivity index (χ0n) is 16.3. The second-order valence-electron chi connectivity index (χ2n) is 6.83. The van der Waals surface area contributed by atoms with Crippen LogP contribution in [0.5, 0.6) is 11.5 Å². The molecule has 148 valence electrons. The molecule has 28 heavy (non-hydrogen) atoms. The second kappa shape index (κ2) is 7.75. The van der Waals surface area contributed by atoms with Gasteiger partial charge in [-0.25, -0.2) is 0 Å². The first-order valence-corrected chi connectivity index (χ1v) is 9.03. The number of carbonyl (C=O) groups is 1. The fraction of sp³-hybridized carbons (Fsp3) is 0.350. The lowest BCUT2D eigenvalue weighted by molar-refractivity contribution is -0.384. The second-order valence-corrected chi connectivity index (χ2v) is 6.83. The first kappa shape index (κ1) is 19.5. The standard InChI is InChI=1S/C20H23N3O5/c1-5-27-19-10-14-8-12(2)28-18(14)11-15(19)21-20(24)13-6-7-16(22(3)4)17(9-13)23(25)26/h6-7,9-12H,5,8H2,1-4H3,(H,21,24)/t12-/m1/s1. The Morgan fingerprint density at radius 3 is 2.75 bits per heavy atom. The van der Waals surface area contributed by atoms with Gasteiger partial charge < -0.3 is 19.7 Å². The Bertz CT molecular complexity index is 926. The Kier molecular flexibility index (Phi) is 5.39. The topological polar surface area (TPSA) is 93.9 Å². The third-order valence-electron chi connectivity index (χ3n) is 4.46. The van der Waals surface area contributed by atoms with Gasteiger partial charge in [-0.3, -0.25) is 14.9 Å². The van der Waals surface area contributed by atoms with Crippen LogP contribution in [0.15, 0.2) is 30.3 Å². The zero-order valence-corrected chi connectivity index (χ0v) is 16.3. The van der Waals surface area contributed by atoms with Crippen LogP contribution in [-0.2, 0) is 6.42 Å². The molecule has 0 fully saturated rings. The lowest BCUT2D eigenvalue weighted by atomic mass is 10.1. The Morgan fingerprint density at radius 2 is 2.11 bits per heavy atom. The summed E-state index contributed by atoms with van der Waals surface area (Å²) in [5.41, 5.74) is 1.98. The SMILES string of the molecule is CCOc1cc2c(cc1NC(=O)c1ccc(N(C)C)c([N+](=O)[O-])c1)O[C@H](C)C2. The zero-order chi connectivity index (χ0) is 20.4. The summed E-state index contributed by atoms with van der Waals surface area (Å²) in [4.78, 5) is 25.2. The van der Waals surface area contributed by atoms with E-state index in [0.29, 0.717) is 29.5 Å². The van der Waals surface area contributed by atoms with Gasteiger partial charge in [0.2, 0.25) is 0 Å². The molecule has 1 heterocycles. The van der Waals surface area contributed by atoms with Gasteiger partial charge in [0.05, 0.1) is 17.2 Å². The number of ether oxygens (including phenoxy) is 2. The number of amides is 1. The molecule has 2 aromatic rings. The number of fused-ring (bicyclic) bond motifs is 1. The van der Waals surface area contributed by atoms with Crippen molar-refractivity contribution in [1.29, 1.82) is 0 Å². The fourth-order valence-corrected chi connectivity index (χ4v) is 3.20. The molecule has 1 N–H and O–H groups in total. The van der Waals surface area contributed by atoms with Crippen LogP contribution >= 0.6 is 0 Å². The number of carbonyl (C=O) groups excluding carboxylic acids is 1. The molecule has 0 aliphatic carbocycles. The molecule has 0 bridgehead atoms. The summed E-state index contributed by atoms with van der Waals surface area (Å²) in [5, 5.41) is 14.2. The fourth-order valence-electron chi connectivity index (χ4n) is 3.20. The van der Waals surface area contributed by atoms with Crippen LogP contribution in [0.4, 0.5) is 17.1 Å². The highest BCUT2D eigenvalue weighted by molar-refractivity contribution is 6.06. The predicted octanol–water partition coefficient (Wildman–Crippen LogP) is 3.64. The summed E-state index contributed by atoms with van der Waals surface area (Å²) in [7, 11) is 3.42. The van der Waals surface area contributed by atoms with Crippen molar-refractivity contribution >= 4 is 23.0 Å². The van der Waals surface area contributed by atoms with Crippen molar-refractivity contribution in [2.45, 2.75) is 26.4 Å². The van der Waals surface area contributed by atoms with Gasteiger partial charge in [0.15, 0.2) is 0 Å². The summed E-state index contributed by atoms with van der Waals surface area (Å²) in [6, 6.07) is 8.00. The Hall–Kier alpha value is -3.29. The number of nitro benzene ring substituents is 1. The quantitative estimate of drug-likeness (QED) is 0.603. The normalized spacial score (nSPS) is 14.8. The van der Waals surface area contributed by atoms with Crippen molar-refractivity contribution in [2.24, 2.45) is 0 Å². The largest absolute Gasteiger partial charge is 0.492 e. The molecule has 0 aromatic heterocycles. The van der Waals surface area contributed by atoms with Crippen LogP contribution in [0.1, 0.15) is 29.8 Å². The summed E-state index contributed by atoms with van der Waals surface area (Å²) in [6.07, 6.45) is 0.846. The van der Waals surface area contributed by atoms with Crippen molar-refractivity contribution in [2.75, 3.05) is 30.9 Å². The monoisotopic (exact) mass is 385 g/mol. The molecule has 0 radical (unpaired) electrons. The lowest BCUT2D eigenvalue weighted by Crippen LogP contribution is -2.15. The first-order valence-electron chi connectivity index (χ1n) is 9.03. The van der Waals surface area contributed by atoms with E-state index in [1.165, 1.54) is 6.07 Å². The molecule has 0 saturated carbocycles. The van der Waals surface area contributed by atoms with Crippen molar-refractivity contribution in [3.05, 3.63) is 51.6 Å². The Balaban J connectivity index is 1.92. The molecule has 8 nitrogen and oxygen atoms in total. The van der Waals surface area contributed by atoms with Gasteiger partial charge in [0, 0.05) is 43.8 Å². The number of nitro groups is 1. The number of benzene rings is 2. The van der Waals surface area contributed by atoms with Crippen LogP contribution in [0.2, 0.25) is 0 Å². The number of nitrogens with zero attached hydrogens (tertiary/aromatic N) is 2. The van der Waals surface area contributed by atoms with Crippen LogP contribution in [0, 0.1) is 10.1 Å². The maximum Gasteiger partial charge on any atom is 0.293 e. The van der Waals surface area contributed by atoms with Gasteiger partial charge in [-0.2, -0.15) is 0 Å². The molecule has 3 rings (SSSR count). The highest BCUT2D eigenvalue weighted by atomic mass is 16.6. The lowest BCUT2D eigenvalue weighted by Gasteiger charge is -2.15. The number of anilines is 2. The van der Waals surface area contributed by atoms with E-state index in [1.54, 1.807) is 37.2 Å². The van der Waals surface area contributed by atoms with E-state index in [4.69, 9.17) is 9.47 Å². The van der Waals surface area contributed by atoms with Crippen molar-refractivity contribution in [3.63, 3.8) is 0 Å². The minimum atomic E-state index is -0.498. The van der Waals surface area contributed by atoms with Crippen LogP contribution in [-0.4, -0.2) is 37.6 Å². The highest BCUT2D eigenvalue weighted by Gasteiger charge is 2.24. The number of nitrogens with one attached hydrogen (secondary N) is 1. The molecule has 1 amide bonds. The Morgan fingerprint density at radius 1 is 1.36 bits per heavy atom. The molecule has 8 heteroatoms. The van der Waals surface area contributed by atoms with E-state index in [0.717, 1.165) is 12.0 Å². The van der Waals surface area contributed by atoms with Gasteiger partial charge in [0.1, 0.15) is 23.3 Å². The van der Waals surface area contributed by atoms with Crippen molar-refractivity contribution in [3.8, 4) is 11.5 Å². The third kappa shape index (κ3) is 3.85. The van der Waals surface area contributed by atoms with Crippen molar-refractivity contribution in [1.82, 2.24) is 0 Å². The highest BCUT2D eigenvalue weighted by Crippen LogP contribution is 2.38. The van der Waals surface area contributed by atoms with E-state index < -0.39 is 10.8 Å². The van der Waals surface area contributed by atoms with E-state index in [-0.39, 0.29) is 17.4 Å². The summed E-state index contributed by atoms with van der Waals surface area (Å²) in [6.45, 7) is 4.28. The number of rotatable bonds is 6. The van der Waals surface area contributed by atoms with Crippen LogP contribution in [0.25, 0.3) is 0 Å². The summed E-state index contributed by atoms with van der Waals surface area (Å²) >= 11 is 0. The van der Waals surface area contributed by atoms with Gasteiger partial charge in [0.25, 0.3) is 11.6 Å². The van der Waals surface area contributed by atoms with Gasteiger partial charge in [-0.1, -0.05) is 0 Å². The van der Waals surface area contributed by atoms with E-state index >= 15 is 0 Å². The predicted molar refractivity (Wildman–Crippen MR) is 107 cm³/mol. The van der Waals surface area contributed by atoms with E-state index in [9.17, 15) is 14.9 Å². The summed E-state index contributed by atoms with van der Waals surface area (Å²) < 4.78 is 11.4. The molecular formula is C20H23N3O5. The third-order valence-corrected chi connectivity index (χ3v) is 4.46. The molecule has 0 saturated heterocycles. The summed E-state index contributed by atoms with van der Waals surface area (Å²) in [5.74, 6) is 0.798. The maximum atomic E-state index is 12.7. The Labute approximate surface area is 163 Å². The minimum Gasteiger partial charge on any atom is -0.492 e.